The summed E-state index contributed by atoms with van der Waals surface area (Å²) in [7, 11) is 0. The molecular formula is C26H22N2O4. The van der Waals surface area contributed by atoms with Gasteiger partial charge in [-0.1, -0.05) is 30.3 Å². The van der Waals surface area contributed by atoms with Crippen molar-refractivity contribution in [3.05, 3.63) is 90.0 Å². The van der Waals surface area contributed by atoms with Crippen LogP contribution in [0, 0.1) is 0 Å². The Morgan fingerprint density at radius 3 is 2.41 bits per heavy atom. The Balaban J connectivity index is 1.59. The first-order valence-electron chi connectivity index (χ1n) is 10.2. The van der Waals surface area contributed by atoms with Gasteiger partial charge in [0.1, 0.15) is 11.6 Å². The number of rotatable bonds is 6. The number of ether oxygens (including phenoxy) is 1. The number of benzene rings is 3. The standard InChI is InChI=1S/C26H22N2O4/c1-16(2)32-20-11-7-17(8-12-20)21-5-3-4-6-22(21)25(29)28-24-14-10-18-15-19(26(30)31)9-13-23(18)27-24/h3-16H,1-2H3,(H,30,31)(H,27,28,29). The quantitative estimate of drug-likeness (QED) is 0.417. The van der Waals surface area contributed by atoms with Crippen LogP contribution in [0.15, 0.2) is 78.9 Å². The van der Waals surface area contributed by atoms with E-state index in [9.17, 15) is 9.59 Å². The molecule has 6 heteroatoms. The third-order valence-electron chi connectivity index (χ3n) is 4.89. The van der Waals surface area contributed by atoms with Gasteiger partial charge in [-0.2, -0.15) is 0 Å². The van der Waals surface area contributed by atoms with Crippen molar-refractivity contribution in [3.8, 4) is 16.9 Å². The normalized spacial score (nSPS) is 10.8. The largest absolute Gasteiger partial charge is 0.491 e. The van der Waals surface area contributed by atoms with E-state index in [1.165, 1.54) is 6.07 Å². The number of hydrogen-bond acceptors (Lipinski definition) is 4. The molecule has 4 rings (SSSR count). The number of aromatic nitrogens is 1. The summed E-state index contributed by atoms with van der Waals surface area (Å²) in [4.78, 5) is 28.6. The maximum atomic E-state index is 13.0. The molecular weight excluding hydrogens is 404 g/mol. The molecule has 160 valence electrons. The molecule has 0 aliphatic rings. The lowest BCUT2D eigenvalue weighted by Crippen LogP contribution is -2.14. The lowest BCUT2D eigenvalue weighted by atomic mass is 9.99. The van der Waals surface area contributed by atoms with E-state index < -0.39 is 5.97 Å². The maximum absolute atomic E-state index is 13.0. The van der Waals surface area contributed by atoms with Crippen molar-refractivity contribution in [1.82, 2.24) is 4.98 Å². The fourth-order valence-electron chi connectivity index (χ4n) is 3.43. The lowest BCUT2D eigenvalue weighted by Gasteiger charge is -2.12. The van der Waals surface area contributed by atoms with Gasteiger partial charge in [0.05, 0.1) is 17.2 Å². The third kappa shape index (κ3) is 4.59. The van der Waals surface area contributed by atoms with E-state index >= 15 is 0 Å². The van der Waals surface area contributed by atoms with Crippen LogP contribution in [0.3, 0.4) is 0 Å². The van der Waals surface area contributed by atoms with Gasteiger partial charge in [-0.05, 0) is 73.5 Å². The molecule has 2 N–H and O–H groups in total. The van der Waals surface area contributed by atoms with E-state index in [-0.39, 0.29) is 17.6 Å². The predicted octanol–water partition coefficient (Wildman–Crippen LogP) is 5.64. The van der Waals surface area contributed by atoms with Crippen LogP contribution in [0.5, 0.6) is 5.75 Å². The van der Waals surface area contributed by atoms with Crippen molar-refractivity contribution >= 4 is 28.6 Å². The molecule has 6 nitrogen and oxygen atoms in total. The molecule has 1 heterocycles. The highest BCUT2D eigenvalue weighted by atomic mass is 16.5. The van der Waals surface area contributed by atoms with Gasteiger partial charge in [0.2, 0.25) is 0 Å². The van der Waals surface area contributed by atoms with Crippen molar-refractivity contribution in [2.45, 2.75) is 20.0 Å². The van der Waals surface area contributed by atoms with Crippen LogP contribution in [-0.2, 0) is 0 Å². The Morgan fingerprint density at radius 2 is 1.69 bits per heavy atom. The van der Waals surface area contributed by atoms with Gasteiger partial charge in [0, 0.05) is 10.9 Å². The first-order valence-corrected chi connectivity index (χ1v) is 10.2. The molecule has 0 fully saturated rings. The van der Waals surface area contributed by atoms with Crippen LogP contribution >= 0.6 is 0 Å². The van der Waals surface area contributed by atoms with Gasteiger partial charge >= 0.3 is 5.97 Å². The number of pyridine rings is 1. The van der Waals surface area contributed by atoms with Crippen LogP contribution in [-0.4, -0.2) is 28.1 Å². The second-order valence-corrected chi connectivity index (χ2v) is 7.60. The van der Waals surface area contributed by atoms with Crippen molar-refractivity contribution in [3.63, 3.8) is 0 Å². The Bertz CT molecular complexity index is 1300. The highest BCUT2D eigenvalue weighted by molar-refractivity contribution is 6.08. The summed E-state index contributed by atoms with van der Waals surface area (Å²) in [6.07, 6.45) is 0.0871. The molecule has 4 aromatic rings. The number of nitrogens with zero attached hydrogens (tertiary/aromatic N) is 1. The SMILES string of the molecule is CC(C)Oc1ccc(-c2ccccc2C(=O)Nc2ccc3cc(C(=O)O)ccc3n2)cc1. The van der Waals surface area contributed by atoms with Gasteiger partial charge in [-0.3, -0.25) is 4.79 Å². The molecule has 0 unspecified atom stereocenters. The van der Waals surface area contributed by atoms with Crippen molar-refractivity contribution in [2.75, 3.05) is 5.32 Å². The topological polar surface area (TPSA) is 88.5 Å². The van der Waals surface area contributed by atoms with E-state index in [1.54, 1.807) is 30.3 Å². The van der Waals surface area contributed by atoms with Crippen LogP contribution in [0.4, 0.5) is 5.82 Å². The summed E-state index contributed by atoms with van der Waals surface area (Å²) < 4.78 is 5.70. The minimum Gasteiger partial charge on any atom is -0.491 e. The summed E-state index contributed by atoms with van der Waals surface area (Å²) in [5.41, 5.74) is 3.01. The average Bonchev–Trinajstić information content (AvgIpc) is 2.78. The lowest BCUT2D eigenvalue weighted by molar-refractivity contribution is 0.0697. The molecule has 1 amide bonds. The molecule has 0 saturated carbocycles. The monoisotopic (exact) mass is 426 g/mol. The second-order valence-electron chi connectivity index (χ2n) is 7.60. The molecule has 0 radical (unpaired) electrons. The van der Waals surface area contributed by atoms with Gasteiger partial charge in [-0.15, -0.1) is 0 Å². The van der Waals surface area contributed by atoms with E-state index in [1.807, 2.05) is 56.3 Å². The zero-order chi connectivity index (χ0) is 22.7. The third-order valence-corrected chi connectivity index (χ3v) is 4.89. The highest BCUT2D eigenvalue weighted by Gasteiger charge is 2.14. The summed E-state index contributed by atoms with van der Waals surface area (Å²) in [5.74, 6) is -0.111. The molecule has 1 aromatic heterocycles. The number of carboxylic acids is 1. The van der Waals surface area contributed by atoms with Crippen LogP contribution in [0.2, 0.25) is 0 Å². The molecule has 32 heavy (non-hydrogen) atoms. The molecule has 0 spiro atoms. The molecule has 0 atom stereocenters. The number of nitrogens with one attached hydrogen (secondary N) is 1. The van der Waals surface area contributed by atoms with Crippen LogP contribution in [0.1, 0.15) is 34.6 Å². The minimum atomic E-state index is -0.996. The van der Waals surface area contributed by atoms with E-state index in [0.717, 1.165) is 16.9 Å². The number of carbonyl (C=O) groups excluding carboxylic acids is 1. The number of amides is 1. The zero-order valence-corrected chi connectivity index (χ0v) is 17.7. The number of anilines is 1. The first kappa shape index (κ1) is 21.1. The molecule has 0 bridgehead atoms. The molecule has 3 aromatic carbocycles. The number of carboxylic acid groups (broad SMARTS) is 1. The van der Waals surface area contributed by atoms with Crippen LogP contribution in [0.25, 0.3) is 22.0 Å². The molecule has 0 saturated heterocycles. The Hall–Kier alpha value is -4.19. The Labute approximate surface area is 185 Å². The van der Waals surface area contributed by atoms with E-state index in [0.29, 0.717) is 22.3 Å². The number of carbonyl (C=O) groups is 2. The molecule has 0 aliphatic heterocycles. The highest BCUT2D eigenvalue weighted by Crippen LogP contribution is 2.27. The Morgan fingerprint density at radius 1 is 0.938 bits per heavy atom. The first-order chi connectivity index (χ1) is 15.4. The van der Waals surface area contributed by atoms with Gasteiger partial charge in [0.25, 0.3) is 5.91 Å². The zero-order valence-electron chi connectivity index (χ0n) is 17.7. The smallest absolute Gasteiger partial charge is 0.335 e. The summed E-state index contributed by atoms with van der Waals surface area (Å²) in [6, 6.07) is 23.1. The fraction of sp³-hybridized carbons (Fsp3) is 0.115. The van der Waals surface area contributed by atoms with Crippen molar-refractivity contribution < 1.29 is 19.4 Å². The summed E-state index contributed by atoms with van der Waals surface area (Å²) in [5, 5.41) is 12.7. The maximum Gasteiger partial charge on any atom is 0.335 e. The number of fused-ring (bicyclic) bond motifs is 1. The van der Waals surface area contributed by atoms with E-state index in [4.69, 9.17) is 9.84 Å². The minimum absolute atomic E-state index is 0.0871. The fourth-order valence-corrected chi connectivity index (χ4v) is 3.43. The van der Waals surface area contributed by atoms with Crippen molar-refractivity contribution in [2.24, 2.45) is 0 Å². The van der Waals surface area contributed by atoms with Crippen molar-refractivity contribution in [1.29, 1.82) is 0 Å². The van der Waals surface area contributed by atoms with Gasteiger partial charge in [-0.25, -0.2) is 9.78 Å². The van der Waals surface area contributed by atoms with Gasteiger partial charge < -0.3 is 15.2 Å². The number of hydrogen-bond donors (Lipinski definition) is 2. The Kier molecular flexibility index (Phi) is 5.85. The molecule has 0 aliphatic carbocycles. The van der Waals surface area contributed by atoms with E-state index in [2.05, 4.69) is 10.3 Å². The summed E-state index contributed by atoms with van der Waals surface area (Å²) in [6.45, 7) is 3.94. The van der Waals surface area contributed by atoms with Crippen LogP contribution < -0.4 is 10.1 Å². The average molecular weight is 426 g/mol. The predicted molar refractivity (Wildman–Crippen MR) is 124 cm³/mol. The number of aromatic carboxylic acids is 1. The summed E-state index contributed by atoms with van der Waals surface area (Å²) >= 11 is 0. The second kappa shape index (κ2) is 8.89. The van der Waals surface area contributed by atoms with Gasteiger partial charge in [0.15, 0.2) is 0 Å².